The molecule has 5 nitrogen and oxygen atoms in total. The minimum Gasteiger partial charge on any atom is -0.320 e. The molecule has 1 N–H and O–H groups in total. The fourth-order valence-corrected chi connectivity index (χ4v) is 1.20. The van der Waals surface area contributed by atoms with E-state index in [-0.39, 0.29) is 11.3 Å². The molecule has 0 radical (unpaired) electrons. The van der Waals surface area contributed by atoms with Crippen LogP contribution in [0.25, 0.3) is 0 Å². The average molecular weight is 280 g/mol. The van der Waals surface area contributed by atoms with Crippen molar-refractivity contribution in [3.8, 4) is 0 Å². The zero-order valence-corrected chi connectivity index (χ0v) is 9.49. The number of alkyl halides is 4. The van der Waals surface area contributed by atoms with Gasteiger partial charge in [-0.05, 0) is 13.0 Å². The van der Waals surface area contributed by atoms with Crippen LogP contribution in [0.1, 0.15) is 5.56 Å². The summed E-state index contributed by atoms with van der Waals surface area (Å²) in [7, 11) is 0. The second-order valence-electron chi connectivity index (χ2n) is 3.64. The van der Waals surface area contributed by atoms with Crippen LogP contribution in [0.3, 0.4) is 0 Å². The zero-order valence-electron chi connectivity index (χ0n) is 9.49. The second-order valence-corrected chi connectivity index (χ2v) is 3.64. The van der Waals surface area contributed by atoms with Gasteiger partial charge >= 0.3 is 18.3 Å². The highest BCUT2D eigenvalue weighted by molar-refractivity contribution is 5.96. The lowest BCUT2D eigenvalue weighted by atomic mass is 10.2. The van der Waals surface area contributed by atoms with E-state index in [1.807, 2.05) is 0 Å². The summed E-state index contributed by atoms with van der Waals surface area (Å²) in [6.07, 6.45) is -4.16. The summed E-state index contributed by atoms with van der Waals surface area (Å²) in [6.45, 7) is 1.40. The average Bonchev–Trinajstić information content (AvgIpc) is 2.30. The third kappa shape index (κ3) is 3.18. The number of rotatable bonds is 4. The van der Waals surface area contributed by atoms with Crippen molar-refractivity contribution in [1.82, 2.24) is 0 Å². The van der Waals surface area contributed by atoms with Gasteiger partial charge in [0.2, 0.25) is 0 Å². The maximum Gasteiger partial charge on any atom is 0.383 e. The van der Waals surface area contributed by atoms with Crippen molar-refractivity contribution >= 4 is 17.3 Å². The molecule has 0 saturated heterocycles. The highest BCUT2D eigenvalue weighted by atomic mass is 19.3. The van der Waals surface area contributed by atoms with Crippen LogP contribution >= 0.6 is 0 Å². The van der Waals surface area contributed by atoms with Gasteiger partial charge in [0.1, 0.15) is 0 Å². The summed E-state index contributed by atoms with van der Waals surface area (Å²) >= 11 is 0. The Morgan fingerprint density at radius 2 is 2.00 bits per heavy atom. The lowest BCUT2D eigenvalue weighted by Crippen LogP contribution is -2.40. The van der Waals surface area contributed by atoms with Crippen molar-refractivity contribution in [2.75, 3.05) is 5.32 Å². The van der Waals surface area contributed by atoms with Crippen LogP contribution in [-0.4, -0.2) is 23.2 Å². The second kappa shape index (κ2) is 5.21. The standard InChI is InChI=1S/C10H8F4N2O3/c1-5-2-3-6(4-7(5)16(18)19)15-9(17)10(13,14)8(11)12/h2-4,8H,1H3,(H,15,17). The first-order chi connectivity index (χ1) is 8.66. The van der Waals surface area contributed by atoms with Crippen molar-refractivity contribution in [2.24, 2.45) is 0 Å². The molecule has 0 aliphatic rings. The van der Waals surface area contributed by atoms with Gasteiger partial charge in [-0.15, -0.1) is 0 Å². The van der Waals surface area contributed by atoms with Crippen LogP contribution < -0.4 is 5.32 Å². The number of hydrogen-bond donors (Lipinski definition) is 1. The van der Waals surface area contributed by atoms with E-state index in [2.05, 4.69) is 0 Å². The molecule has 1 aromatic carbocycles. The van der Waals surface area contributed by atoms with Gasteiger partial charge in [-0.1, -0.05) is 6.07 Å². The predicted octanol–water partition coefficient (Wildman–Crippen LogP) is 2.74. The van der Waals surface area contributed by atoms with E-state index in [0.29, 0.717) is 0 Å². The first-order valence-corrected chi connectivity index (χ1v) is 4.88. The zero-order chi connectivity index (χ0) is 14.8. The Balaban J connectivity index is 2.98. The number of aryl methyl sites for hydroxylation is 1. The largest absolute Gasteiger partial charge is 0.383 e. The first kappa shape index (κ1) is 14.9. The molecule has 0 bridgehead atoms. The number of nitrogens with one attached hydrogen (secondary N) is 1. The van der Waals surface area contributed by atoms with Crippen LogP contribution in [-0.2, 0) is 4.79 Å². The molecule has 19 heavy (non-hydrogen) atoms. The number of benzene rings is 1. The minimum atomic E-state index is -4.86. The third-order valence-corrected chi connectivity index (χ3v) is 2.24. The van der Waals surface area contributed by atoms with E-state index in [1.165, 1.54) is 18.3 Å². The third-order valence-electron chi connectivity index (χ3n) is 2.24. The van der Waals surface area contributed by atoms with Gasteiger partial charge in [0.15, 0.2) is 0 Å². The fourth-order valence-electron chi connectivity index (χ4n) is 1.20. The SMILES string of the molecule is Cc1ccc(NC(=O)C(F)(F)C(F)F)cc1[N+](=O)[O-]. The molecule has 0 heterocycles. The van der Waals surface area contributed by atoms with E-state index < -0.39 is 28.9 Å². The number of halogens is 4. The Kier molecular flexibility index (Phi) is 4.07. The lowest BCUT2D eigenvalue weighted by Gasteiger charge is -2.14. The van der Waals surface area contributed by atoms with Gasteiger partial charge in [-0.2, -0.15) is 8.78 Å². The van der Waals surface area contributed by atoms with Gasteiger partial charge < -0.3 is 5.32 Å². The van der Waals surface area contributed by atoms with Gasteiger partial charge in [-0.25, -0.2) is 8.78 Å². The fraction of sp³-hybridized carbons (Fsp3) is 0.300. The van der Waals surface area contributed by atoms with Gasteiger partial charge in [-0.3, -0.25) is 14.9 Å². The Bertz CT molecular complexity index is 519. The number of anilines is 1. The smallest absolute Gasteiger partial charge is 0.320 e. The van der Waals surface area contributed by atoms with Crippen LogP contribution in [0.4, 0.5) is 28.9 Å². The van der Waals surface area contributed by atoms with Crippen molar-refractivity contribution < 1.29 is 27.3 Å². The molecule has 0 atom stereocenters. The van der Waals surface area contributed by atoms with Gasteiger partial charge in [0, 0.05) is 17.3 Å². The normalized spacial score (nSPS) is 11.5. The topological polar surface area (TPSA) is 72.2 Å². The number of nitro groups is 1. The molecule has 1 rings (SSSR count). The molecule has 1 aromatic rings. The van der Waals surface area contributed by atoms with Crippen LogP contribution in [0.2, 0.25) is 0 Å². The summed E-state index contributed by atoms with van der Waals surface area (Å²) in [4.78, 5) is 20.7. The monoisotopic (exact) mass is 280 g/mol. The number of amides is 1. The van der Waals surface area contributed by atoms with E-state index in [0.717, 1.165) is 12.1 Å². The summed E-state index contributed by atoms with van der Waals surface area (Å²) < 4.78 is 49.2. The van der Waals surface area contributed by atoms with Crippen LogP contribution in [0.5, 0.6) is 0 Å². The molecule has 0 aliphatic heterocycles. The quantitative estimate of drug-likeness (QED) is 0.523. The Labute approximate surface area is 104 Å². The molecule has 1 amide bonds. The molecule has 0 saturated carbocycles. The molecule has 0 spiro atoms. The maximum absolute atomic E-state index is 12.7. The predicted molar refractivity (Wildman–Crippen MR) is 57.4 cm³/mol. The van der Waals surface area contributed by atoms with Crippen molar-refractivity contribution in [3.63, 3.8) is 0 Å². The number of hydrogen-bond acceptors (Lipinski definition) is 3. The van der Waals surface area contributed by atoms with E-state index in [4.69, 9.17) is 0 Å². The number of carbonyl (C=O) groups excluding carboxylic acids is 1. The van der Waals surface area contributed by atoms with Crippen molar-refractivity contribution in [1.29, 1.82) is 0 Å². The molecule has 0 aliphatic carbocycles. The summed E-state index contributed by atoms with van der Waals surface area (Å²) in [5.41, 5.74) is -0.538. The Morgan fingerprint density at radius 3 is 2.47 bits per heavy atom. The highest BCUT2D eigenvalue weighted by Gasteiger charge is 2.49. The Morgan fingerprint density at radius 1 is 1.42 bits per heavy atom. The van der Waals surface area contributed by atoms with E-state index in [1.54, 1.807) is 0 Å². The number of carbonyl (C=O) groups is 1. The minimum absolute atomic E-state index is 0.239. The Hall–Kier alpha value is -2.19. The lowest BCUT2D eigenvalue weighted by molar-refractivity contribution is -0.385. The molecule has 0 aromatic heterocycles. The van der Waals surface area contributed by atoms with E-state index in [9.17, 15) is 32.5 Å². The molecule has 0 unspecified atom stereocenters. The molecule has 0 fully saturated rings. The molecule has 104 valence electrons. The molecule has 9 heteroatoms. The van der Waals surface area contributed by atoms with Gasteiger partial charge in [0.25, 0.3) is 5.69 Å². The highest BCUT2D eigenvalue weighted by Crippen LogP contribution is 2.27. The van der Waals surface area contributed by atoms with Gasteiger partial charge in [0.05, 0.1) is 4.92 Å². The summed E-state index contributed by atoms with van der Waals surface area (Å²) in [5, 5.41) is 12.1. The van der Waals surface area contributed by atoms with Crippen LogP contribution in [0, 0.1) is 17.0 Å². The molecular weight excluding hydrogens is 272 g/mol. The summed E-state index contributed by atoms with van der Waals surface area (Å²) in [6, 6.07) is 3.12. The van der Waals surface area contributed by atoms with Crippen LogP contribution in [0.15, 0.2) is 18.2 Å². The van der Waals surface area contributed by atoms with E-state index >= 15 is 0 Å². The number of nitro benzene ring substituents is 1. The van der Waals surface area contributed by atoms with Crippen molar-refractivity contribution in [3.05, 3.63) is 33.9 Å². The first-order valence-electron chi connectivity index (χ1n) is 4.88. The molecular formula is C10H8F4N2O3. The van der Waals surface area contributed by atoms with Crippen molar-refractivity contribution in [2.45, 2.75) is 19.3 Å². The maximum atomic E-state index is 12.7. The number of nitrogens with zero attached hydrogens (tertiary/aromatic N) is 1. The summed E-state index contributed by atoms with van der Waals surface area (Å²) in [5.74, 6) is -7.08.